The summed E-state index contributed by atoms with van der Waals surface area (Å²) in [7, 11) is 0. The minimum absolute atomic E-state index is 1.00. The molecule has 0 unspecified atom stereocenters. The fourth-order valence-electron chi connectivity index (χ4n) is 11.1. The quantitative estimate of drug-likeness (QED) is 0.130. The number of pyridine rings is 2. The summed E-state index contributed by atoms with van der Waals surface area (Å²) in [6, 6.07) is 80.3. The highest BCUT2D eigenvalue weighted by molar-refractivity contribution is 7.26. The maximum absolute atomic E-state index is 5.57. The Bertz CT molecular complexity index is 4600. The first-order valence-electron chi connectivity index (χ1n) is 23.2. The molecule has 0 amide bonds. The van der Waals surface area contributed by atoms with E-state index in [9.17, 15) is 0 Å². The standard InChI is InChI=1S/C64H37N3S/c1-2-10-44-34-55-47(33-43(44)9-1)27-31-58-62(55)66-64-63-57(56-35-45-11-3-4-12-46(45)36-60(56)68-63)37-59(67(58)64)41-24-22-40(23-25-41)50-30-29-49(51-14-5-6-15-52(50)51)39-20-18-38(19-21-39)48-16-7-17-54-53(48)28-26-42-13-8-32-65-61(42)54/h1-37H. The topological polar surface area (TPSA) is 30.2 Å². The minimum Gasteiger partial charge on any atom is -0.291 e. The molecular formula is C64H37N3S. The number of hydrogen-bond donors (Lipinski definition) is 0. The van der Waals surface area contributed by atoms with Crippen molar-refractivity contribution in [1.82, 2.24) is 14.4 Å². The highest BCUT2D eigenvalue weighted by atomic mass is 32.1. The van der Waals surface area contributed by atoms with Crippen molar-refractivity contribution in [2.24, 2.45) is 0 Å². The van der Waals surface area contributed by atoms with Crippen LogP contribution in [0, 0.1) is 0 Å². The van der Waals surface area contributed by atoms with Gasteiger partial charge in [-0.3, -0.25) is 9.38 Å². The van der Waals surface area contributed by atoms with Crippen LogP contribution in [-0.4, -0.2) is 14.4 Å². The number of fused-ring (bicyclic) bond motifs is 15. The molecule has 0 aliphatic carbocycles. The number of hydrogen-bond acceptors (Lipinski definition) is 3. The van der Waals surface area contributed by atoms with Gasteiger partial charge in [0.1, 0.15) is 0 Å². The Morgan fingerprint density at radius 1 is 0.338 bits per heavy atom. The Morgan fingerprint density at radius 3 is 1.60 bits per heavy atom. The van der Waals surface area contributed by atoms with Gasteiger partial charge < -0.3 is 0 Å². The fourth-order valence-corrected chi connectivity index (χ4v) is 12.3. The highest BCUT2D eigenvalue weighted by Gasteiger charge is 2.20. The Labute approximate surface area is 394 Å². The molecule has 0 N–H and O–H groups in total. The monoisotopic (exact) mass is 879 g/mol. The zero-order valence-corrected chi connectivity index (χ0v) is 37.4. The summed E-state index contributed by atoms with van der Waals surface area (Å²) in [6.45, 7) is 0. The second kappa shape index (κ2) is 14.4. The van der Waals surface area contributed by atoms with E-state index >= 15 is 0 Å². The van der Waals surface area contributed by atoms with Gasteiger partial charge in [-0.25, -0.2) is 4.98 Å². The van der Waals surface area contributed by atoms with Crippen LogP contribution in [0.25, 0.3) is 146 Å². The Balaban J connectivity index is 0.856. The molecule has 0 spiro atoms. The van der Waals surface area contributed by atoms with Crippen molar-refractivity contribution in [2.45, 2.75) is 0 Å². The van der Waals surface area contributed by atoms with Crippen LogP contribution in [0.3, 0.4) is 0 Å². The van der Waals surface area contributed by atoms with Gasteiger partial charge in [0, 0.05) is 37.8 Å². The van der Waals surface area contributed by atoms with Crippen LogP contribution in [0.1, 0.15) is 0 Å². The molecule has 15 rings (SSSR count). The third-order valence-corrected chi connectivity index (χ3v) is 15.5. The summed E-state index contributed by atoms with van der Waals surface area (Å²) in [5, 5.41) is 15.9. The van der Waals surface area contributed by atoms with Gasteiger partial charge in [0.05, 0.1) is 26.9 Å². The molecule has 0 aliphatic heterocycles. The molecule has 4 heterocycles. The number of thiophene rings is 1. The summed E-state index contributed by atoms with van der Waals surface area (Å²) < 4.78 is 4.89. The molecule has 314 valence electrons. The Morgan fingerprint density at radius 2 is 0.897 bits per heavy atom. The van der Waals surface area contributed by atoms with Gasteiger partial charge in [-0.2, -0.15) is 0 Å². The average Bonchev–Trinajstić information content (AvgIpc) is 3.98. The average molecular weight is 880 g/mol. The van der Waals surface area contributed by atoms with Gasteiger partial charge in [0.2, 0.25) is 0 Å². The predicted molar refractivity (Wildman–Crippen MR) is 290 cm³/mol. The van der Waals surface area contributed by atoms with E-state index in [2.05, 4.69) is 217 Å². The first-order valence-corrected chi connectivity index (χ1v) is 24.0. The van der Waals surface area contributed by atoms with Crippen LogP contribution >= 0.6 is 11.3 Å². The van der Waals surface area contributed by atoms with Crippen LogP contribution < -0.4 is 0 Å². The molecule has 0 bridgehead atoms. The summed E-state index contributed by atoms with van der Waals surface area (Å²) >= 11 is 1.85. The predicted octanol–water partition coefficient (Wildman–Crippen LogP) is 17.8. The van der Waals surface area contributed by atoms with Crippen LogP contribution in [0.2, 0.25) is 0 Å². The van der Waals surface area contributed by atoms with Crippen molar-refractivity contribution >= 4 is 113 Å². The van der Waals surface area contributed by atoms with Gasteiger partial charge >= 0.3 is 0 Å². The molecular weight excluding hydrogens is 843 g/mol. The number of rotatable bonds is 4. The Hall–Kier alpha value is -8.70. The van der Waals surface area contributed by atoms with E-state index in [1.807, 2.05) is 23.6 Å². The van der Waals surface area contributed by atoms with Crippen molar-refractivity contribution < 1.29 is 0 Å². The van der Waals surface area contributed by atoms with E-state index < -0.39 is 0 Å². The van der Waals surface area contributed by atoms with E-state index in [1.54, 1.807) is 0 Å². The van der Waals surface area contributed by atoms with Gasteiger partial charge in [-0.1, -0.05) is 176 Å². The lowest BCUT2D eigenvalue weighted by atomic mass is 9.90. The third kappa shape index (κ3) is 5.59. The zero-order chi connectivity index (χ0) is 44.5. The molecule has 4 heteroatoms. The summed E-state index contributed by atoms with van der Waals surface area (Å²) in [5.74, 6) is 0. The smallest absolute Gasteiger partial charge is 0.156 e. The fraction of sp³-hybridized carbons (Fsp3) is 0. The van der Waals surface area contributed by atoms with Gasteiger partial charge in [-0.05, 0) is 124 Å². The molecule has 3 nitrogen and oxygen atoms in total. The van der Waals surface area contributed by atoms with E-state index in [-0.39, 0.29) is 0 Å². The normalized spacial score (nSPS) is 12.1. The molecule has 0 saturated carbocycles. The Kier molecular flexibility index (Phi) is 7.94. The molecule has 0 atom stereocenters. The second-order valence-corrected chi connectivity index (χ2v) is 19.1. The van der Waals surface area contributed by atoms with Gasteiger partial charge in [-0.15, -0.1) is 11.3 Å². The largest absolute Gasteiger partial charge is 0.291 e. The van der Waals surface area contributed by atoms with Crippen molar-refractivity contribution in [3.05, 3.63) is 225 Å². The lowest BCUT2D eigenvalue weighted by Crippen LogP contribution is -1.93. The zero-order valence-electron chi connectivity index (χ0n) is 36.6. The molecule has 68 heavy (non-hydrogen) atoms. The second-order valence-electron chi connectivity index (χ2n) is 18.1. The van der Waals surface area contributed by atoms with Gasteiger partial charge in [0.25, 0.3) is 0 Å². The van der Waals surface area contributed by atoms with Crippen molar-refractivity contribution in [3.63, 3.8) is 0 Å². The third-order valence-electron chi connectivity index (χ3n) is 14.4. The summed E-state index contributed by atoms with van der Waals surface area (Å²) in [6.07, 6.45) is 1.88. The lowest BCUT2D eigenvalue weighted by molar-refractivity contribution is 1.25. The number of nitrogens with zero attached hydrogens (tertiary/aromatic N) is 3. The SMILES string of the molecule is c1ccc2cc3c(ccc4c3nc3c5sc6cc7ccccc7cc6c5cc(-c5ccc(-c6ccc(-c7ccc(-c8cccc9c8ccc8cccnc89)cc7)c7ccccc67)cc5)n43)cc2c1. The molecule has 0 saturated heterocycles. The lowest BCUT2D eigenvalue weighted by Gasteiger charge is -2.14. The molecule has 0 radical (unpaired) electrons. The summed E-state index contributed by atoms with van der Waals surface area (Å²) in [4.78, 5) is 10.3. The summed E-state index contributed by atoms with van der Waals surface area (Å²) in [5.41, 5.74) is 13.7. The van der Waals surface area contributed by atoms with Crippen molar-refractivity contribution in [2.75, 3.05) is 0 Å². The molecule has 0 aliphatic rings. The van der Waals surface area contributed by atoms with Crippen molar-refractivity contribution in [3.8, 4) is 44.6 Å². The van der Waals surface area contributed by atoms with Crippen molar-refractivity contribution in [1.29, 1.82) is 0 Å². The van der Waals surface area contributed by atoms with E-state index in [0.29, 0.717) is 0 Å². The highest BCUT2D eigenvalue weighted by Crippen LogP contribution is 2.44. The van der Waals surface area contributed by atoms with Gasteiger partial charge in [0.15, 0.2) is 5.65 Å². The number of imidazole rings is 1. The molecule has 15 aromatic rings. The number of benzene rings is 11. The van der Waals surface area contributed by atoms with Crippen LogP contribution in [0.15, 0.2) is 225 Å². The maximum Gasteiger partial charge on any atom is 0.156 e. The van der Waals surface area contributed by atoms with E-state index in [4.69, 9.17) is 9.97 Å². The van der Waals surface area contributed by atoms with E-state index in [0.717, 1.165) is 38.8 Å². The number of aromatic nitrogens is 3. The van der Waals surface area contributed by atoms with Crippen LogP contribution in [0.4, 0.5) is 0 Å². The minimum atomic E-state index is 1.00. The van der Waals surface area contributed by atoms with Crippen LogP contribution in [0.5, 0.6) is 0 Å². The molecule has 4 aromatic heterocycles. The first-order chi connectivity index (χ1) is 33.7. The maximum atomic E-state index is 5.57. The first kappa shape index (κ1) is 37.5. The van der Waals surface area contributed by atoms with Crippen LogP contribution in [-0.2, 0) is 0 Å². The molecule has 0 fully saturated rings. The molecule has 11 aromatic carbocycles. The van der Waals surface area contributed by atoms with E-state index in [1.165, 1.54) is 107 Å².